The van der Waals surface area contributed by atoms with Gasteiger partial charge in [0.05, 0.1) is 17.3 Å². The lowest BCUT2D eigenvalue weighted by molar-refractivity contribution is -0.132. The fraction of sp³-hybridized carbons (Fsp3) is 0.867. The fourth-order valence-electron chi connectivity index (χ4n) is 9.28. The van der Waals surface area contributed by atoms with Crippen molar-refractivity contribution in [1.29, 1.82) is 0 Å². The highest BCUT2D eigenvalue weighted by molar-refractivity contribution is 5.40. The molecule has 33 heavy (non-hydrogen) atoms. The highest BCUT2D eigenvalue weighted by Gasteiger charge is 2.63. The van der Waals surface area contributed by atoms with Gasteiger partial charge in [-0.1, -0.05) is 57.9 Å². The van der Waals surface area contributed by atoms with Crippen LogP contribution in [0, 0.1) is 39.9 Å². The van der Waals surface area contributed by atoms with Crippen LogP contribution < -0.4 is 0 Å². The van der Waals surface area contributed by atoms with E-state index in [-0.39, 0.29) is 34.2 Å². The number of fused-ring (bicyclic) bond motifs is 4. The van der Waals surface area contributed by atoms with Crippen LogP contribution in [0.4, 0.5) is 0 Å². The second-order valence-electron chi connectivity index (χ2n) is 14.2. The lowest BCUT2D eigenvalue weighted by Gasteiger charge is -2.57. The van der Waals surface area contributed by atoms with Crippen LogP contribution in [-0.4, -0.2) is 32.6 Å². The second-order valence-corrected chi connectivity index (χ2v) is 14.2. The molecule has 2 saturated carbocycles. The molecule has 3 heteroatoms. The van der Waals surface area contributed by atoms with Crippen LogP contribution in [0.25, 0.3) is 0 Å². The van der Waals surface area contributed by atoms with E-state index >= 15 is 0 Å². The van der Waals surface area contributed by atoms with Crippen LogP contribution in [-0.2, 0) is 0 Å². The predicted octanol–water partition coefficient (Wildman–Crippen LogP) is 6.42. The molecule has 0 saturated heterocycles. The minimum absolute atomic E-state index is 0.0490. The summed E-state index contributed by atoms with van der Waals surface area (Å²) < 4.78 is 0. The lowest BCUT2D eigenvalue weighted by atomic mass is 9.49. The molecule has 0 spiro atoms. The Morgan fingerprint density at radius 2 is 1.58 bits per heavy atom. The minimum Gasteiger partial charge on any atom is -0.393 e. The molecule has 0 amide bonds. The van der Waals surface area contributed by atoms with Gasteiger partial charge >= 0.3 is 0 Å². The molecule has 8 unspecified atom stereocenters. The molecular formula is C30H50O3. The van der Waals surface area contributed by atoms with Gasteiger partial charge < -0.3 is 15.3 Å². The van der Waals surface area contributed by atoms with Crippen molar-refractivity contribution in [3.63, 3.8) is 0 Å². The SMILES string of the molecule is CC(CC=CC(C)(C)O)C1CCC2(C)C3=C(CC2C1(C)O)C1(C)CCC(O)C(C)(C)C1CC3. The average Bonchev–Trinajstić information content (AvgIpc) is 2.99. The van der Waals surface area contributed by atoms with Gasteiger partial charge in [-0.3, -0.25) is 0 Å². The van der Waals surface area contributed by atoms with Crippen molar-refractivity contribution in [3.8, 4) is 0 Å². The third-order valence-corrected chi connectivity index (χ3v) is 11.2. The molecule has 3 N–H and O–H groups in total. The Morgan fingerprint density at radius 1 is 0.970 bits per heavy atom. The first-order valence-electron chi connectivity index (χ1n) is 13.6. The van der Waals surface area contributed by atoms with Crippen LogP contribution in [0.5, 0.6) is 0 Å². The third-order valence-electron chi connectivity index (χ3n) is 11.2. The van der Waals surface area contributed by atoms with Crippen LogP contribution in [0.1, 0.15) is 107 Å². The van der Waals surface area contributed by atoms with E-state index in [0.717, 1.165) is 38.5 Å². The maximum atomic E-state index is 12.1. The summed E-state index contributed by atoms with van der Waals surface area (Å²) in [4.78, 5) is 0. The van der Waals surface area contributed by atoms with Gasteiger partial charge in [-0.2, -0.15) is 0 Å². The lowest BCUT2D eigenvalue weighted by Crippen LogP contribution is -2.54. The minimum atomic E-state index is -0.783. The maximum Gasteiger partial charge on any atom is 0.0771 e. The van der Waals surface area contributed by atoms with Gasteiger partial charge in [0.2, 0.25) is 0 Å². The quantitative estimate of drug-likeness (QED) is 0.426. The molecule has 4 aliphatic rings. The smallest absolute Gasteiger partial charge is 0.0771 e. The maximum absolute atomic E-state index is 12.1. The first-order chi connectivity index (χ1) is 15.0. The molecule has 0 aromatic carbocycles. The molecule has 4 aliphatic carbocycles. The summed E-state index contributed by atoms with van der Waals surface area (Å²) in [6, 6.07) is 0. The number of hydrogen-bond donors (Lipinski definition) is 3. The average molecular weight is 459 g/mol. The Morgan fingerprint density at radius 3 is 2.21 bits per heavy atom. The van der Waals surface area contributed by atoms with Crippen molar-refractivity contribution in [2.45, 2.75) is 124 Å². The van der Waals surface area contributed by atoms with E-state index < -0.39 is 11.2 Å². The molecule has 0 heterocycles. The van der Waals surface area contributed by atoms with Gasteiger partial charge in [0, 0.05) is 5.92 Å². The van der Waals surface area contributed by atoms with E-state index in [2.05, 4.69) is 47.6 Å². The number of rotatable bonds is 4. The zero-order valence-electron chi connectivity index (χ0n) is 22.5. The van der Waals surface area contributed by atoms with E-state index in [0.29, 0.717) is 11.8 Å². The van der Waals surface area contributed by atoms with Crippen molar-refractivity contribution >= 4 is 0 Å². The number of aliphatic hydroxyl groups is 3. The summed E-state index contributed by atoms with van der Waals surface area (Å²) in [6.45, 7) is 17.5. The van der Waals surface area contributed by atoms with Crippen LogP contribution >= 0.6 is 0 Å². The van der Waals surface area contributed by atoms with Gasteiger partial charge in [0.25, 0.3) is 0 Å². The first kappa shape index (κ1) is 25.5. The zero-order valence-corrected chi connectivity index (χ0v) is 22.5. The Balaban J connectivity index is 1.61. The highest BCUT2D eigenvalue weighted by Crippen LogP contribution is 2.70. The predicted molar refractivity (Wildman–Crippen MR) is 136 cm³/mol. The Hall–Kier alpha value is -0.640. The molecule has 8 atom stereocenters. The number of allylic oxidation sites excluding steroid dienone is 3. The molecule has 0 bridgehead atoms. The molecule has 4 rings (SSSR count). The molecule has 0 aliphatic heterocycles. The largest absolute Gasteiger partial charge is 0.393 e. The van der Waals surface area contributed by atoms with Crippen LogP contribution in [0.2, 0.25) is 0 Å². The van der Waals surface area contributed by atoms with Crippen molar-refractivity contribution < 1.29 is 15.3 Å². The highest BCUT2D eigenvalue weighted by atomic mass is 16.3. The second kappa shape index (κ2) is 7.93. The van der Waals surface area contributed by atoms with E-state index in [1.807, 2.05) is 19.9 Å². The van der Waals surface area contributed by atoms with E-state index in [9.17, 15) is 15.3 Å². The topological polar surface area (TPSA) is 60.7 Å². The molecule has 0 radical (unpaired) electrons. The summed E-state index contributed by atoms with van der Waals surface area (Å²) >= 11 is 0. The Bertz CT molecular complexity index is 828. The van der Waals surface area contributed by atoms with E-state index in [4.69, 9.17) is 0 Å². The summed E-state index contributed by atoms with van der Waals surface area (Å²) in [5.74, 6) is 1.45. The molecule has 188 valence electrons. The standard InChI is InChI=1S/C30H50O3/c1-19(10-9-15-26(2,3)32)20-13-16-28(6)21-11-12-23-27(4,5)25(31)14-17-29(23,7)22(21)18-24(28)30(20,8)33/h9,15,19-20,23-25,31-33H,10-14,16-18H2,1-8H3. The normalized spacial score (nSPS) is 46.2. The Labute approximate surface area is 202 Å². The van der Waals surface area contributed by atoms with Gasteiger partial charge in [0.1, 0.15) is 0 Å². The molecular weight excluding hydrogens is 408 g/mol. The molecule has 2 fully saturated rings. The zero-order chi connectivity index (χ0) is 24.6. The number of aliphatic hydroxyl groups excluding tert-OH is 1. The van der Waals surface area contributed by atoms with Crippen molar-refractivity contribution in [1.82, 2.24) is 0 Å². The van der Waals surface area contributed by atoms with Crippen molar-refractivity contribution in [2.24, 2.45) is 39.9 Å². The molecule has 0 aromatic heterocycles. The fourth-order valence-corrected chi connectivity index (χ4v) is 9.28. The third kappa shape index (κ3) is 3.89. The van der Waals surface area contributed by atoms with Crippen LogP contribution in [0.3, 0.4) is 0 Å². The van der Waals surface area contributed by atoms with Gasteiger partial charge in [-0.15, -0.1) is 0 Å². The van der Waals surface area contributed by atoms with Crippen molar-refractivity contribution in [3.05, 3.63) is 23.3 Å². The summed E-state index contributed by atoms with van der Waals surface area (Å²) in [5, 5.41) is 33.0. The molecule has 0 aromatic rings. The summed E-state index contributed by atoms with van der Waals surface area (Å²) in [7, 11) is 0. The summed E-state index contributed by atoms with van der Waals surface area (Å²) in [6.07, 6.45) is 12.2. The van der Waals surface area contributed by atoms with Gasteiger partial charge in [-0.25, -0.2) is 0 Å². The summed E-state index contributed by atoms with van der Waals surface area (Å²) in [5.41, 5.74) is 2.06. The van der Waals surface area contributed by atoms with E-state index in [1.54, 1.807) is 11.1 Å². The van der Waals surface area contributed by atoms with Gasteiger partial charge in [0.15, 0.2) is 0 Å². The first-order valence-corrected chi connectivity index (χ1v) is 13.6. The number of hydrogen-bond acceptors (Lipinski definition) is 3. The monoisotopic (exact) mass is 458 g/mol. The molecule has 3 nitrogen and oxygen atoms in total. The Kier molecular flexibility index (Phi) is 6.12. The van der Waals surface area contributed by atoms with Crippen molar-refractivity contribution in [2.75, 3.05) is 0 Å². The van der Waals surface area contributed by atoms with Gasteiger partial charge in [-0.05, 0) is 106 Å². The van der Waals surface area contributed by atoms with Crippen LogP contribution in [0.15, 0.2) is 23.3 Å². The van der Waals surface area contributed by atoms with E-state index in [1.165, 1.54) is 12.8 Å².